The number of aliphatic hydroxyl groups excluding tert-OH is 1. The molecular weight excluding hydrogens is 132 g/mol. The van der Waals surface area contributed by atoms with Gasteiger partial charge in [0, 0.05) is 6.61 Å². The lowest BCUT2D eigenvalue weighted by Crippen LogP contribution is -2.23. The molecule has 1 heterocycles. The predicted octanol–water partition coefficient (Wildman–Crippen LogP) is 0.322. The average molecular weight is 144 g/mol. The third kappa shape index (κ3) is 1.14. The smallest absolute Gasteiger partial charge is 0.312 e. The summed E-state index contributed by atoms with van der Waals surface area (Å²) in [6.07, 6.45) is 1.26. The van der Waals surface area contributed by atoms with Gasteiger partial charge in [-0.25, -0.2) is 0 Å². The second-order valence-corrected chi connectivity index (χ2v) is 2.92. The normalized spacial score (nSPS) is 32.4. The Morgan fingerprint density at radius 1 is 1.80 bits per heavy atom. The van der Waals surface area contributed by atoms with E-state index in [9.17, 15) is 4.79 Å². The average Bonchev–Trinajstić information content (AvgIpc) is 2.15. The molecule has 0 aliphatic carbocycles. The van der Waals surface area contributed by atoms with Crippen molar-refractivity contribution in [3.05, 3.63) is 0 Å². The molecule has 0 bridgehead atoms. The molecule has 1 N–H and O–H groups in total. The predicted molar refractivity (Wildman–Crippen MR) is 35.4 cm³/mol. The van der Waals surface area contributed by atoms with E-state index in [4.69, 9.17) is 9.84 Å². The van der Waals surface area contributed by atoms with Gasteiger partial charge in [-0.15, -0.1) is 0 Å². The first-order valence-corrected chi connectivity index (χ1v) is 3.47. The fourth-order valence-corrected chi connectivity index (χ4v) is 1.12. The molecule has 58 valence electrons. The number of hydrogen-bond donors (Lipinski definition) is 1. The number of ether oxygens (including phenoxy) is 1. The van der Waals surface area contributed by atoms with Crippen molar-refractivity contribution in [1.29, 1.82) is 0 Å². The van der Waals surface area contributed by atoms with Crippen LogP contribution in [0.1, 0.15) is 19.8 Å². The molecule has 0 aromatic rings. The summed E-state index contributed by atoms with van der Waals surface area (Å²) in [6.45, 7) is 2.40. The number of aliphatic hydroxyl groups is 1. The molecule has 1 atom stereocenters. The van der Waals surface area contributed by atoms with Gasteiger partial charge in [-0.05, 0) is 19.8 Å². The van der Waals surface area contributed by atoms with Crippen molar-refractivity contribution in [1.82, 2.24) is 0 Å². The highest BCUT2D eigenvalue weighted by atomic mass is 16.5. The summed E-state index contributed by atoms with van der Waals surface area (Å²) in [6, 6.07) is 0. The topological polar surface area (TPSA) is 46.5 Å². The maximum atomic E-state index is 11.0. The molecule has 1 saturated heterocycles. The highest BCUT2D eigenvalue weighted by Crippen LogP contribution is 2.32. The van der Waals surface area contributed by atoms with Crippen LogP contribution in [0.5, 0.6) is 0 Å². The minimum Gasteiger partial charge on any atom is -0.465 e. The molecule has 1 fully saturated rings. The van der Waals surface area contributed by atoms with Gasteiger partial charge in [-0.3, -0.25) is 4.79 Å². The van der Waals surface area contributed by atoms with E-state index in [0.717, 1.165) is 6.42 Å². The summed E-state index contributed by atoms with van der Waals surface area (Å²) in [5.74, 6) is -0.165. The van der Waals surface area contributed by atoms with Gasteiger partial charge in [-0.2, -0.15) is 0 Å². The minimum atomic E-state index is -0.408. The Hall–Kier alpha value is -0.570. The number of carbonyl (C=O) groups is 1. The van der Waals surface area contributed by atoms with Crippen LogP contribution >= 0.6 is 0 Å². The van der Waals surface area contributed by atoms with Crippen molar-refractivity contribution in [3.8, 4) is 0 Å². The maximum absolute atomic E-state index is 11.0. The molecule has 1 aliphatic rings. The molecule has 0 aromatic heterocycles. The molecule has 0 spiro atoms. The SMILES string of the molecule is CC1(CCO)CCOC1=O. The Morgan fingerprint density at radius 2 is 2.50 bits per heavy atom. The number of hydrogen-bond acceptors (Lipinski definition) is 3. The van der Waals surface area contributed by atoms with Crippen LogP contribution in [0.25, 0.3) is 0 Å². The fraction of sp³-hybridized carbons (Fsp3) is 0.857. The molecule has 1 rings (SSSR count). The number of cyclic esters (lactones) is 1. The zero-order valence-corrected chi connectivity index (χ0v) is 6.09. The van der Waals surface area contributed by atoms with Crippen LogP contribution in [-0.2, 0) is 9.53 Å². The van der Waals surface area contributed by atoms with Crippen LogP contribution in [-0.4, -0.2) is 24.3 Å². The first-order chi connectivity index (χ1) is 4.69. The fourth-order valence-electron chi connectivity index (χ4n) is 1.12. The van der Waals surface area contributed by atoms with Crippen LogP contribution < -0.4 is 0 Å². The summed E-state index contributed by atoms with van der Waals surface area (Å²) < 4.78 is 4.77. The van der Waals surface area contributed by atoms with Gasteiger partial charge in [0.1, 0.15) is 0 Å². The summed E-state index contributed by atoms with van der Waals surface area (Å²) in [5, 5.41) is 8.60. The van der Waals surface area contributed by atoms with Crippen molar-refractivity contribution >= 4 is 5.97 Å². The van der Waals surface area contributed by atoms with Gasteiger partial charge in [0.2, 0.25) is 0 Å². The Balaban J connectivity index is 2.57. The van der Waals surface area contributed by atoms with Crippen LogP contribution in [0.2, 0.25) is 0 Å². The lowest BCUT2D eigenvalue weighted by molar-refractivity contribution is -0.146. The Labute approximate surface area is 60.0 Å². The van der Waals surface area contributed by atoms with Crippen LogP contribution in [0, 0.1) is 5.41 Å². The molecule has 0 radical (unpaired) electrons. The van der Waals surface area contributed by atoms with E-state index in [2.05, 4.69) is 0 Å². The van der Waals surface area contributed by atoms with Gasteiger partial charge in [-0.1, -0.05) is 0 Å². The van der Waals surface area contributed by atoms with E-state index in [-0.39, 0.29) is 12.6 Å². The van der Waals surface area contributed by atoms with Crippen LogP contribution in [0.4, 0.5) is 0 Å². The number of esters is 1. The van der Waals surface area contributed by atoms with Crippen molar-refractivity contribution in [2.75, 3.05) is 13.2 Å². The highest BCUT2D eigenvalue weighted by Gasteiger charge is 2.38. The Bertz CT molecular complexity index is 144. The maximum Gasteiger partial charge on any atom is 0.312 e. The number of carbonyl (C=O) groups excluding carboxylic acids is 1. The first kappa shape index (κ1) is 7.54. The van der Waals surface area contributed by atoms with E-state index in [1.165, 1.54) is 0 Å². The quantitative estimate of drug-likeness (QED) is 0.568. The molecule has 0 amide bonds. The zero-order chi connectivity index (χ0) is 7.61. The summed E-state index contributed by atoms with van der Waals surface area (Å²) >= 11 is 0. The van der Waals surface area contributed by atoms with Crippen LogP contribution in [0.15, 0.2) is 0 Å². The molecule has 0 saturated carbocycles. The lowest BCUT2D eigenvalue weighted by atomic mass is 9.86. The van der Waals surface area contributed by atoms with Crippen molar-refractivity contribution in [3.63, 3.8) is 0 Å². The Morgan fingerprint density at radius 3 is 2.90 bits per heavy atom. The Kier molecular flexibility index (Phi) is 1.94. The second-order valence-electron chi connectivity index (χ2n) is 2.92. The van der Waals surface area contributed by atoms with E-state index in [0.29, 0.717) is 13.0 Å². The van der Waals surface area contributed by atoms with E-state index < -0.39 is 5.41 Å². The molecule has 10 heavy (non-hydrogen) atoms. The summed E-state index contributed by atoms with van der Waals surface area (Å²) in [7, 11) is 0. The lowest BCUT2D eigenvalue weighted by Gasteiger charge is -2.15. The standard InChI is InChI=1S/C7H12O3/c1-7(2-4-8)3-5-10-6(7)9/h8H,2-5H2,1H3. The molecule has 1 unspecified atom stereocenters. The summed E-state index contributed by atoms with van der Waals surface area (Å²) in [5.41, 5.74) is -0.408. The molecule has 1 aliphatic heterocycles. The molecule has 0 aromatic carbocycles. The van der Waals surface area contributed by atoms with Crippen molar-refractivity contribution < 1.29 is 14.6 Å². The van der Waals surface area contributed by atoms with Crippen molar-refractivity contribution in [2.45, 2.75) is 19.8 Å². The molecule has 3 heteroatoms. The van der Waals surface area contributed by atoms with Gasteiger partial charge in [0.25, 0.3) is 0 Å². The van der Waals surface area contributed by atoms with E-state index in [1.807, 2.05) is 6.92 Å². The first-order valence-electron chi connectivity index (χ1n) is 3.47. The van der Waals surface area contributed by atoms with E-state index in [1.54, 1.807) is 0 Å². The molecular formula is C7H12O3. The zero-order valence-electron chi connectivity index (χ0n) is 6.09. The molecule has 3 nitrogen and oxygen atoms in total. The van der Waals surface area contributed by atoms with Crippen LogP contribution in [0.3, 0.4) is 0 Å². The second kappa shape index (κ2) is 2.58. The highest BCUT2D eigenvalue weighted by molar-refractivity contribution is 5.78. The van der Waals surface area contributed by atoms with Gasteiger partial charge >= 0.3 is 5.97 Å². The van der Waals surface area contributed by atoms with Gasteiger partial charge < -0.3 is 9.84 Å². The summed E-state index contributed by atoms with van der Waals surface area (Å²) in [4.78, 5) is 11.0. The number of rotatable bonds is 2. The monoisotopic (exact) mass is 144 g/mol. The van der Waals surface area contributed by atoms with Gasteiger partial charge in [0.15, 0.2) is 0 Å². The van der Waals surface area contributed by atoms with E-state index >= 15 is 0 Å². The van der Waals surface area contributed by atoms with Gasteiger partial charge in [0.05, 0.1) is 12.0 Å². The third-order valence-electron chi connectivity index (χ3n) is 2.04. The largest absolute Gasteiger partial charge is 0.465 e. The van der Waals surface area contributed by atoms with Crippen molar-refractivity contribution in [2.24, 2.45) is 5.41 Å². The minimum absolute atomic E-state index is 0.0611. The third-order valence-corrected chi connectivity index (χ3v) is 2.04.